The molecule has 3 aromatic rings. The second kappa shape index (κ2) is 8.99. The van der Waals surface area contributed by atoms with Gasteiger partial charge in [-0.15, -0.1) is 21.5 Å². The number of hydrogen-bond acceptors (Lipinski definition) is 6. The third-order valence-corrected chi connectivity index (χ3v) is 6.05. The number of thioether (sulfide) groups is 1. The molecule has 2 heterocycles. The summed E-state index contributed by atoms with van der Waals surface area (Å²) in [7, 11) is 0. The Balaban J connectivity index is 1.60. The van der Waals surface area contributed by atoms with E-state index in [1.807, 2.05) is 29.6 Å². The molecule has 9 heteroatoms. The van der Waals surface area contributed by atoms with E-state index < -0.39 is 0 Å². The number of aromatic nitrogens is 4. The Bertz CT molecular complexity index is 920. The van der Waals surface area contributed by atoms with E-state index in [-0.39, 0.29) is 11.7 Å². The summed E-state index contributed by atoms with van der Waals surface area (Å²) in [4.78, 5) is 16.8. The van der Waals surface area contributed by atoms with Crippen molar-refractivity contribution in [2.45, 2.75) is 38.4 Å². The van der Waals surface area contributed by atoms with Gasteiger partial charge in [-0.3, -0.25) is 4.79 Å². The van der Waals surface area contributed by atoms with Gasteiger partial charge in [-0.2, -0.15) is 0 Å². The van der Waals surface area contributed by atoms with Crippen LogP contribution in [0.4, 0.5) is 5.13 Å². The fraction of sp³-hybridized carbons (Fsp3) is 0.333. The van der Waals surface area contributed by atoms with E-state index >= 15 is 0 Å². The van der Waals surface area contributed by atoms with Gasteiger partial charge in [-0.25, -0.2) is 4.98 Å². The normalized spacial score (nSPS) is 11.1. The Hall–Kier alpha value is -1.71. The number of anilines is 1. The largest absolute Gasteiger partial charge is 0.306 e. The van der Waals surface area contributed by atoms with Gasteiger partial charge in [0.25, 0.3) is 0 Å². The van der Waals surface area contributed by atoms with Crippen LogP contribution in [-0.2, 0) is 11.3 Å². The predicted molar refractivity (Wildman–Crippen MR) is 114 cm³/mol. The molecule has 0 saturated carbocycles. The van der Waals surface area contributed by atoms with E-state index in [1.165, 1.54) is 23.1 Å². The topological polar surface area (TPSA) is 72.7 Å². The quantitative estimate of drug-likeness (QED) is 0.494. The van der Waals surface area contributed by atoms with Gasteiger partial charge in [-0.1, -0.05) is 53.7 Å². The summed E-state index contributed by atoms with van der Waals surface area (Å²) in [5, 5.41) is 14.6. The summed E-state index contributed by atoms with van der Waals surface area (Å²) in [5.41, 5.74) is 1.87. The minimum absolute atomic E-state index is 0.103. The number of amides is 1. The van der Waals surface area contributed by atoms with Gasteiger partial charge < -0.3 is 9.88 Å². The second-order valence-corrected chi connectivity index (χ2v) is 8.84. The number of nitrogens with zero attached hydrogens (tertiary/aromatic N) is 4. The number of carbonyl (C=O) groups excluding carboxylic acids is 1. The van der Waals surface area contributed by atoms with Crippen molar-refractivity contribution in [2.75, 3.05) is 11.1 Å². The highest BCUT2D eigenvalue weighted by molar-refractivity contribution is 9.10. The van der Waals surface area contributed by atoms with E-state index in [4.69, 9.17) is 0 Å². The lowest BCUT2D eigenvalue weighted by Gasteiger charge is -2.08. The first-order valence-corrected chi connectivity index (χ1v) is 11.2. The molecule has 0 atom stereocenters. The van der Waals surface area contributed by atoms with Crippen LogP contribution in [0.3, 0.4) is 0 Å². The Morgan fingerprint density at radius 3 is 2.70 bits per heavy atom. The summed E-state index contributed by atoms with van der Waals surface area (Å²) in [6.45, 7) is 7.01. The molecular formula is C18H20BrN5OS2. The number of nitrogens with one attached hydrogen (secondary N) is 1. The molecule has 0 unspecified atom stereocenters. The number of rotatable bonds is 7. The molecule has 0 aliphatic carbocycles. The summed E-state index contributed by atoms with van der Waals surface area (Å²) in [5.74, 6) is 1.41. The highest BCUT2D eigenvalue weighted by Gasteiger charge is 2.16. The summed E-state index contributed by atoms with van der Waals surface area (Å²) in [6, 6.07) is 7.92. The molecule has 1 aromatic carbocycles. The van der Waals surface area contributed by atoms with Gasteiger partial charge in [0.1, 0.15) is 5.82 Å². The van der Waals surface area contributed by atoms with Crippen LogP contribution >= 0.6 is 39.0 Å². The molecule has 2 aromatic heterocycles. The number of benzene rings is 1. The molecule has 27 heavy (non-hydrogen) atoms. The SMILES string of the molecule is CCn1c(SCC(=O)Nc2nc(-c3ccc(Br)cc3)cs2)nnc1C(C)C. The Morgan fingerprint density at radius 1 is 1.30 bits per heavy atom. The fourth-order valence-electron chi connectivity index (χ4n) is 2.50. The number of carbonyl (C=O) groups is 1. The lowest BCUT2D eigenvalue weighted by atomic mass is 10.2. The molecule has 6 nitrogen and oxygen atoms in total. The van der Waals surface area contributed by atoms with Crippen molar-refractivity contribution in [1.82, 2.24) is 19.7 Å². The number of halogens is 1. The first-order chi connectivity index (χ1) is 13.0. The van der Waals surface area contributed by atoms with E-state index in [2.05, 4.69) is 61.8 Å². The van der Waals surface area contributed by atoms with Gasteiger partial charge in [-0.05, 0) is 19.1 Å². The molecule has 1 amide bonds. The van der Waals surface area contributed by atoms with Crippen LogP contribution in [0.2, 0.25) is 0 Å². The highest BCUT2D eigenvalue weighted by atomic mass is 79.9. The zero-order valence-electron chi connectivity index (χ0n) is 15.3. The molecular weight excluding hydrogens is 446 g/mol. The average Bonchev–Trinajstić information content (AvgIpc) is 3.27. The van der Waals surface area contributed by atoms with Crippen LogP contribution in [0.5, 0.6) is 0 Å². The van der Waals surface area contributed by atoms with E-state index in [1.54, 1.807) is 0 Å². The van der Waals surface area contributed by atoms with Crippen molar-refractivity contribution >= 4 is 50.1 Å². The lowest BCUT2D eigenvalue weighted by Crippen LogP contribution is -2.14. The molecule has 0 aliphatic rings. The molecule has 1 N–H and O–H groups in total. The van der Waals surface area contributed by atoms with Gasteiger partial charge in [0.15, 0.2) is 10.3 Å². The smallest absolute Gasteiger partial charge is 0.236 e. The first-order valence-electron chi connectivity index (χ1n) is 8.55. The van der Waals surface area contributed by atoms with Crippen molar-refractivity contribution in [3.63, 3.8) is 0 Å². The van der Waals surface area contributed by atoms with Crippen molar-refractivity contribution < 1.29 is 4.79 Å². The molecule has 0 aliphatic heterocycles. The zero-order chi connectivity index (χ0) is 19.4. The Labute approximate surface area is 174 Å². The van der Waals surface area contributed by atoms with Crippen LogP contribution in [-0.4, -0.2) is 31.4 Å². The van der Waals surface area contributed by atoms with Crippen LogP contribution in [0, 0.1) is 0 Å². The van der Waals surface area contributed by atoms with E-state index in [9.17, 15) is 4.79 Å². The molecule has 0 spiro atoms. The average molecular weight is 466 g/mol. The molecule has 0 radical (unpaired) electrons. The van der Waals surface area contributed by atoms with Crippen molar-refractivity contribution in [3.8, 4) is 11.3 Å². The van der Waals surface area contributed by atoms with Crippen molar-refractivity contribution in [3.05, 3.63) is 39.9 Å². The summed E-state index contributed by atoms with van der Waals surface area (Å²) >= 11 is 6.23. The van der Waals surface area contributed by atoms with Gasteiger partial charge in [0, 0.05) is 27.9 Å². The third-order valence-electron chi connectivity index (χ3n) is 3.80. The third kappa shape index (κ3) is 4.97. The minimum Gasteiger partial charge on any atom is -0.306 e. The summed E-state index contributed by atoms with van der Waals surface area (Å²) < 4.78 is 3.07. The Morgan fingerprint density at radius 2 is 2.04 bits per heavy atom. The Kier molecular flexibility index (Phi) is 6.67. The summed E-state index contributed by atoms with van der Waals surface area (Å²) in [6.07, 6.45) is 0. The van der Waals surface area contributed by atoms with Crippen molar-refractivity contribution in [2.24, 2.45) is 0 Å². The predicted octanol–water partition coefficient (Wildman–Crippen LogP) is 5.04. The molecule has 3 rings (SSSR count). The minimum atomic E-state index is -0.103. The maximum atomic E-state index is 12.3. The van der Waals surface area contributed by atoms with Gasteiger partial charge >= 0.3 is 0 Å². The maximum Gasteiger partial charge on any atom is 0.236 e. The first kappa shape index (κ1) is 20.0. The highest BCUT2D eigenvalue weighted by Crippen LogP contribution is 2.26. The standard InChI is InChI=1S/C18H20BrN5OS2/c1-4-24-16(11(2)3)22-23-18(24)27-10-15(25)21-17-20-14(9-26-17)12-5-7-13(19)8-6-12/h5-9,11H,4,10H2,1-3H3,(H,20,21,25). The maximum absolute atomic E-state index is 12.3. The second-order valence-electron chi connectivity index (χ2n) is 6.12. The fourth-order valence-corrected chi connectivity index (χ4v) is 4.31. The van der Waals surface area contributed by atoms with E-state index in [0.717, 1.165) is 33.3 Å². The molecule has 0 fully saturated rings. The number of hydrogen-bond donors (Lipinski definition) is 1. The van der Waals surface area contributed by atoms with Gasteiger partial charge in [0.05, 0.1) is 11.4 Å². The van der Waals surface area contributed by atoms with Crippen LogP contribution in [0.15, 0.2) is 39.3 Å². The molecule has 142 valence electrons. The number of thiazole rings is 1. The van der Waals surface area contributed by atoms with Crippen LogP contribution in [0.1, 0.15) is 32.5 Å². The molecule has 0 saturated heterocycles. The van der Waals surface area contributed by atoms with Crippen molar-refractivity contribution in [1.29, 1.82) is 0 Å². The van der Waals surface area contributed by atoms with Gasteiger partial charge in [0.2, 0.25) is 5.91 Å². The van der Waals surface area contributed by atoms with E-state index in [0.29, 0.717) is 11.0 Å². The molecule has 0 bridgehead atoms. The van der Waals surface area contributed by atoms with Crippen LogP contribution < -0.4 is 5.32 Å². The zero-order valence-corrected chi connectivity index (χ0v) is 18.5. The lowest BCUT2D eigenvalue weighted by molar-refractivity contribution is -0.113. The monoisotopic (exact) mass is 465 g/mol. The van der Waals surface area contributed by atoms with Crippen LogP contribution in [0.25, 0.3) is 11.3 Å².